The van der Waals surface area contributed by atoms with Gasteiger partial charge in [0.05, 0.1) is 10.9 Å². The molecule has 0 saturated heterocycles. The van der Waals surface area contributed by atoms with Gasteiger partial charge in [-0.05, 0) is 19.9 Å². The third-order valence-electron chi connectivity index (χ3n) is 2.94. The fraction of sp³-hybridized carbons (Fsp3) is 0.500. The second-order valence-corrected chi connectivity index (χ2v) is 5.54. The molecule has 2 rings (SSSR count). The van der Waals surface area contributed by atoms with Crippen LogP contribution in [0.5, 0.6) is 5.75 Å². The van der Waals surface area contributed by atoms with Crippen molar-refractivity contribution in [2.45, 2.75) is 30.4 Å². The van der Waals surface area contributed by atoms with Crippen molar-refractivity contribution in [2.24, 2.45) is 0 Å². The Labute approximate surface area is 104 Å². The maximum Gasteiger partial charge on any atom is 0.128 e. The third-order valence-corrected chi connectivity index (χ3v) is 4.54. The average molecular weight is 286 g/mol. The van der Waals surface area contributed by atoms with Crippen LogP contribution in [0.15, 0.2) is 18.2 Å². The van der Waals surface area contributed by atoms with Gasteiger partial charge in [0.25, 0.3) is 0 Å². The Balaban J connectivity index is 2.46. The molecule has 0 aromatic heterocycles. The second-order valence-electron chi connectivity index (χ2n) is 4.55. The SMILES string of the molecule is CNc1ccc2c(c1)OC(C)(C)C(Br)C2O. The van der Waals surface area contributed by atoms with Gasteiger partial charge >= 0.3 is 0 Å². The molecule has 0 saturated carbocycles. The number of aliphatic hydroxyl groups excluding tert-OH is 1. The Kier molecular flexibility index (Phi) is 2.88. The van der Waals surface area contributed by atoms with Crippen LogP contribution in [-0.4, -0.2) is 22.6 Å². The molecule has 3 nitrogen and oxygen atoms in total. The highest BCUT2D eigenvalue weighted by atomic mass is 79.9. The van der Waals surface area contributed by atoms with E-state index in [0.717, 1.165) is 17.0 Å². The molecule has 1 aromatic rings. The van der Waals surface area contributed by atoms with Crippen molar-refractivity contribution in [3.63, 3.8) is 0 Å². The van der Waals surface area contributed by atoms with Crippen LogP contribution in [0.3, 0.4) is 0 Å². The normalized spacial score (nSPS) is 26.8. The number of halogens is 1. The highest BCUT2D eigenvalue weighted by molar-refractivity contribution is 9.09. The third kappa shape index (κ3) is 1.80. The van der Waals surface area contributed by atoms with Crippen LogP contribution < -0.4 is 10.1 Å². The van der Waals surface area contributed by atoms with Gasteiger partial charge in [-0.25, -0.2) is 0 Å². The first-order valence-electron chi connectivity index (χ1n) is 5.28. The Morgan fingerprint density at radius 3 is 2.75 bits per heavy atom. The molecule has 0 radical (unpaired) electrons. The Morgan fingerprint density at radius 1 is 1.44 bits per heavy atom. The zero-order chi connectivity index (χ0) is 11.9. The number of benzene rings is 1. The molecule has 0 amide bonds. The summed E-state index contributed by atoms with van der Waals surface area (Å²) in [5.41, 5.74) is 1.40. The molecule has 4 heteroatoms. The predicted octanol–water partition coefficient (Wildman–Crippen LogP) is 2.70. The fourth-order valence-electron chi connectivity index (χ4n) is 1.90. The largest absolute Gasteiger partial charge is 0.486 e. The van der Waals surface area contributed by atoms with E-state index in [1.54, 1.807) is 0 Å². The molecule has 2 N–H and O–H groups in total. The van der Waals surface area contributed by atoms with E-state index in [2.05, 4.69) is 21.2 Å². The minimum atomic E-state index is -0.537. The quantitative estimate of drug-likeness (QED) is 0.780. The van der Waals surface area contributed by atoms with E-state index in [1.165, 1.54) is 0 Å². The lowest BCUT2D eigenvalue weighted by atomic mass is 9.91. The summed E-state index contributed by atoms with van der Waals surface area (Å²) in [6.45, 7) is 3.93. The van der Waals surface area contributed by atoms with Gasteiger partial charge < -0.3 is 15.2 Å². The smallest absolute Gasteiger partial charge is 0.128 e. The molecule has 88 valence electrons. The van der Waals surface area contributed by atoms with Gasteiger partial charge in [-0.1, -0.05) is 22.0 Å². The molecule has 1 heterocycles. The summed E-state index contributed by atoms with van der Waals surface area (Å²) in [5, 5.41) is 13.2. The first-order valence-corrected chi connectivity index (χ1v) is 6.20. The molecule has 2 unspecified atom stereocenters. The topological polar surface area (TPSA) is 41.5 Å². The summed E-state index contributed by atoms with van der Waals surface area (Å²) in [7, 11) is 1.86. The number of aliphatic hydroxyl groups is 1. The van der Waals surface area contributed by atoms with Gasteiger partial charge in [-0.2, -0.15) is 0 Å². The van der Waals surface area contributed by atoms with Gasteiger partial charge in [-0.3, -0.25) is 0 Å². The first-order chi connectivity index (χ1) is 7.45. The molecule has 16 heavy (non-hydrogen) atoms. The summed E-state index contributed by atoms with van der Waals surface area (Å²) in [5.74, 6) is 0.750. The van der Waals surface area contributed by atoms with E-state index in [-0.39, 0.29) is 4.83 Å². The number of nitrogens with one attached hydrogen (secondary N) is 1. The van der Waals surface area contributed by atoms with Crippen LogP contribution in [0.4, 0.5) is 5.69 Å². The monoisotopic (exact) mass is 285 g/mol. The van der Waals surface area contributed by atoms with E-state index in [1.807, 2.05) is 39.1 Å². The molecule has 0 aliphatic carbocycles. The van der Waals surface area contributed by atoms with E-state index in [4.69, 9.17) is 4.74 Å². The highest BCUT2D eigenvalue weighted by Crippen LogP contribution is 2.43. The molecule has 0 spiro atoms. The lowest BCUT2D eigenvalue weighted by Crippen LogP contribution is -2.45. The first kappa shape index (κ1) is 11.7. The maximum absolute atomic E-state index is 10.2. The van der Waals surface area contributed by atoms with Crippen molar-refractivity contribution < 1.29 is 9.84 Å². The number of fused-ring (bicyclic) bond motifs is 1. The van der Waals surface area contributed by atoms with E-state index < -0.39 is 11.7 Å². The standard InChI is InChI=1S/C12H16BrNO2/c1-12(2)11(13)10(15)8-5-4-7(14-3)6-9(8)16-12/h4-6,10-11,14-15H,1-3H3. The van der Waals surface area contributed by atoms with E-state index >= 15 is 0 Å². The van der Waals surface area contributed by atoms with Crippen molar-refractivity contribution in [3.8, 4) is 5.75 Å². The fourth-order valence-corrected chi connectivity index (χ4v) is 2.28. The van der Waals surface area contributed by atoms with E-state index in [0.29, 0.717) is 0 Å². The van der Waals surface area contributed by atoms with Crippen LogP contribution in [-0.2, 0) is 0 Å². The summed E-state index contributed by atoms with van der Waals surface area (Å²) in [4.78, 5) is -0.104. The molecular weight excluding hydrogens is 270 g/mol. The molecule has 2 atom stereocenters. The van der Waals surface area contributed by atoms with Crippen molar-refractivity contribution in [1.29, 1.82) is 0 Å². The number of rotatable bonds is 1. The minimum absolute atomic E-state index is 0.104. The van der Waals surface area contributed by atoms with Gasteiger partial charge in [0, 0.05) is 24.4 Å². The summed E-state index contributed by atoms with van der Waals surface area (Å²) >= 11 is 3.49. The molecule has 1 aliphatic heterocycles. The predicted molar refractivity (Wildman–Crippen MR) is 68.4 cm³/mol. The zero-order valence-electron chi connectivity index (χ0n) is 9.62. The number of ether oxygens (including phenoxy) is 1. The van der Waals surface area contributed by atoms with Crippen LogP contribution in [0.1, 0.15) is 25.5 Å². The summed E-state index contributed by atoms with van der Waals surface area (Å²) in [6, 6.07) is 5.75. The number of hydrogen-bond donors (Lipinski definition) is 2. The van der Waals surface area contributed by atoms with Crippen LogP contribution >= 0.6 is 15.9 Å². The number of alkyl halides is 1. The second kappa shape index (κ2) is 3.93. The van der Waals surface area contributed by atoms with Crippen LogP contribution in [0.2, 0.25) is 0 Å². The molecule has 1 aromatic carbocycles. The Hall–Kier alpha value is -0.740. The molecule has 0 bridgehead atoms. The Morgan fingerprint density at radius 2 is 2.12 bits per heavy atom. The van der Waals surface area contributed by atoms with Gasteiger partial charge in [0.1, 0.15) is 11.4 Å². The van der Waals surface area contributed by atoms with Gasteiger partial charge in [-0.15, -0.1) is 0 Å². The van der Waals surface area contributed by atoms with Gasteiger partial charge in [0.2, 0.25) is 0 Å². The summed E-state index contributed by atoms with van der Waals surface area (Å²) in [6.07, 6.45) is -0.537. The number of anilines is 1. The Bertz CT molecular complexity index is 406. The molecule has 0 fully saturated rings. The minimum Gasteiger partial charge on any atom is -0.486 e. The zero-order valence-corrected chi connectivity index (χ0v) is 11.2. The molecule has 1 aliphatic rings. The maximum atomic E-state index is 10.2. The van der Waals surface area contributed by atoms with Crippen molar-refractivity contribution in [2.75, 3.05) is 12.4 Å². The molecular formula is C12H16BrNO2. The number of hydrogen-bond acceptors (Lipinski definition) is 3. The lowest BCUT2D eigenvalue weighted by molar-refractivity contribution is 0.0226. The van der Waals surface area contributed by atoms with Crippen LogP contribution in [0.25, 0.3) is 0 Å². The van der Waals surface area contributed by atoms with Crippen LogP contribution in [0, 0.1) is 0 Å². The van der Waals surface area contributed by atoms with Crippen molar-refractivity contribution in [3.05, 3.63) is 23.8 Å². The van der Waals surface area contributed by atoms with Gasteiger partial charge in [0.15, 0.2) is 0 Å². The van der Waals surface area contributed by atoms with E-state index in [9.17, 15) is 5.11 Å². The lowest BCUT2D eigenvalue weighted by Gasteiger charge is -2.40. The van der Waals surface area contributed by atoms with Crippen molar-refractivity contribution in [1.82, 2.24) is 0 Å². The average Bonchev–Trinajstić information content (AvgIpc) is 2.25. The van der Waals surface area contributed by atoms with Crippen molar-refractivity contribution >= 4 is 21.6 Å². The highest BCUT2D eigenvalue weighted by Gasteiger charge is 2.41. The summed E-state index contributed by atoms with van der Waals surface area (Å²) < 4.78 is 5.90.